The van der Waals surface area contributed by atoms with Crippen LogP contribution in [-0.4, -0.2) is 22.5 Å². The highest BCUT2D eigenvalue weighted by atomic mass is 32.1. The van der Waals surface area contributed by atoms with Gasteiger partial charge in [0.05, 0.1) is 18.4 Å². The molecule has 0 aliphatic carbocycles. The van der Waals surface area contributed by atoms with Gasteiger partial charge in [-0.2, -0.15) is 0 Å². The van der Waals surface area contributed by atoms with Gasteiger partial charge in [-0.1, -0.05) is 0 Å². The number of carbonyl (C=O) groups is 1. The van der Waals surface area contributed by atoms with Gasteiger partial charge in [-0.25, -0.2) is 9.78 Å². The molecule has 118 valence electrons. The van der Waals surface area contributed by atoms with Crippen LogP contribution in [0.1, 0.15) is 21.7 Å². The summed E-state index contributed by atoms with van der Waals surface area (Å²) in [5, 5.41) is 1.86. The van der Waals surface area contributed by atoms with Crippen LogP contribution >= 0.6 is 11.3 Å². The molecule has 0 atom stereocenters. The highest BCUT2D eigenvalue weighted by Gasteiger charge is 2.10. The Morgan fingerprint density at radius 2 is 2.04 bits per heavy atom. The number of nitrogens with zero attached hydrogens (tertiary/aromatic N) is 2. The Morgan fingerprint density at radius 3 is 2.74 bits per heavy atom. The average Bonchev–Trinajstić information content (AvgIpc) is 2.94. The minimum Gasteiger partial charge on any atom is -0.497 e. The summed E-state index contributed by atoms with van der Waals surface area (Å²) in [6.07, 6.45) is 0. The molecule has 0 bridgehead atoms. The zero-order valence-corrected chi connectivity index (χ0v) is 13.4. The van der Waals surface area contributed by atoms with Gasteiger partial charge in [0.15, 0.2) is 4.96 Å². The van der Waals surface area contributed by atoms with Crippen LogP contribution in [0.3, 0.4) is 0 Å². The van der Waals surface area contributed by atoms with Crippen molar-refractivity contribution in [2.75, 3.05) is 7.11 Å². The fourth-order valence-electron chi connectivity index (χ4n) is 2.12. The third kappa shape index (κ3) is 3.09. The van der Waals surface area contributed by atoms with E-state index < -0.39 is 5.97 Å². The lowest BCUT2D eigenvalue weighted by atomic mass is 10.2. The molecule has 0 N–H and O–H groups in total. The smallest absolute Gasteiger partial charge is 0.338 e. The van der Waals surface area contributed by atoms with Gasteiger partial charge in [0.1, 0.15) is 12.4 Å². The second-order valence-electron chi connectivity index (χ2n) is 4.89. The fraction of sp³-hybridized carbons (Fsp3) is 0.188. The molecule has 0 amide bonds. The molecule has 0 fully saturated rings. The molecule has 2 aromatic heterocycles. The van der Waals surface area contributed by atoms with Crippen molar-refractivity contribution in [1.29, 1.82) is 0 Å². The average molecular weight is 330 g/mol. The van der Waals surface area contributed by atoms with Crippen molar-refractivity contribution in [2.24, 2.45) is 0 Å². The van der Waals surface area contributed by atoms with E-state index in [1.54, 1.807) is 31.4 Å². The van der Waals surface area contributed by atoms with Gasteiger partial charge >= 0.3 is 5.97 Å². The number of benzene rings is 1. The Hall–Kier alpha value is -2.67. The maximum absolute atomic E-state index is 12.0. The quantitative estimate of drug-likeness (QED) is 0.687. The first-order valence-corrected chi connectivity index (χ1v) is 7.74. The van der Waals surface area contributed by atoms with Crippen LogP contribution in [0.2, 0.25) is 0 Å². The summed E-state index contributed by atoms with van der Waals surface area (Å²) < 4.78 is 11.8. The number of hydrogen-bond donors (Lipinski definition) is 0. The summed E-state index contributed by atoms with van der Waals surface area (Å²) in [6.45, 7) is 1.80. The van der Waals surface area contributed by atoms with Gasteiger partial charge in [-0.15, -0.1) is 11.3 Å². The maximum Gasteiger partial charge on any atom is 0.338 e. The number of esters is 1. The van der Waals surface area contributed by atoms with E-state index in [1.807, 2.05) is 12.3 Å². The maximum atomic E-state index is 12.0. The third-order valence-corrected chi connectivity index (χ3v) is 4.25. The molecule has 2 heterocycles. The predicted molar refractivity (Wildman–Crippen MR) is 86.2 cm³/mol. The lowest BCUT2D eigenvalue weighted by molar-refractivity contribution is 0.0467. The molecule has 0 aliphatic heterocycles. The summed E-state index contributed by atoms with van der Waals surface area (Å²) in [6, 6.07) is 7.99. The third-order valence-electron chi connectivity index (χ3n) is 3.31. The lowest BCUT2D eigenvalue weighted by Crippen LogP contribution is -2.16. The minimum atomic E-state index is -0.475. The predicted octanol–water partition coefficient (Wildman–Crippen LogP) is 2.43. The number of aryl methyl sites for hydroxylation is 1. The summed E-state index contributed by atoms with van der Waals surface area (Å²) in [5.41, 5.74) is 1.50. The first kappa shape index (κ1) is 15.2. The first-order chi connectivity index (χ1) is 11.1. The number of methoxy groups -OCH3 is 1. The van der Waals surface area contributed by atoms with Crippen LogP contribution < -0.4 is 10.3 Å². The summed E-state index contributed by atoms with van der Waals surface area (Å²) in [7, 11) is 1.56. The molecule has 0 unspecified atom stereocenters. The van der Waals surface area contributed by atoms with E-state index in [0.29, 0.717) is 22.0 Å². The molecule has 23 heavy (non-hydrogen) atoms. The zero-order valence-electron chi connectivity index (χ0n) is 12.6. The highest BCUT2D eigenvalue weighted by Crippen LogP contribution is 2.14. The van der Waals surface area contributed by atoms with Crippen LogP contribution in [-0.2, 0) is 11.3 Å². The molecular formula is C16H14N2O4S. The van der Waals surface area contributed by atoms with Crippen molar-refractivity contribution in [3.8, 4) is 5.75 Å². The molecule has 0 saturated carbocycles. The first-order valence-electron chi connectivity index (χ1n) is 6.86. The number of hydrogen-bond acceptors (Lipinski definition) is 6. The molecule has 3 aromatic rings. The van der Waals surface area contributed by atoms with Crippen LogP contribution in [0, 0.1) is 6.92 Å². The van der Waals surface area contributed by atoms with Gasteiger partial charge in [0, 0.05) is 17.1 Å². The van der Waals surface area contributed by atoms with E-state index in [2.05, 4.69) is 4.98 Å². The molecule has 0 spiro atoms. The standard InChI is InChI=1S/C16H14N2O4S/c1-10-9-23-16-17-12(7-14(19)18(10)16)8-22-15(20)11-3-5-13(21-2)6-4-11/h3-7,9H,8H2,1-2H3. The number of fused-ring (bicyclic) bond motifs is 1. The zero-order chi connectivity index (χ0) is 16.4. The molecule has 0 saturated heterocycles. The Morgan fingerprint density at radius 1 is 1.30 bits per heavy atom. The number of thiazole rings is 1. The summed E-state index contributed by atoms with van der Waals surface area (Å²) in [4.78, 5) is 29.0. The topological polar surface area (TPSA) is 69.9 Å². The van der Waals surface area contributed by atoms with Gasteiger partial charge in [-0.3, -0.25) is 9.20 Å². The van der Waals surface area contributed by atoms with E-state index in [1.165, 1.54) is 21.8 Å². The molecule has 3 rings (SSSR count). The Bertz CT molecular complexity index is 912. The molecule has 0 radical (unpaired) electrons. The van der Waals surface area contributed by atoms with Crippen molar-refractivity contribution < 1.29 is 14.3 Å². The fourth-order valence-corrected chi connectivity index (χ4v) is 3.02. The van der Waals surface area contributed by atoms with Crippen molar-refractivity contribution >= 4 is 22.3 Å². The highest BCUT2D eigenvalue weighted by molar-refractivity contribution is 7.15. The van der Waals surface area contributed by atoms with Gasteiger partial charge in [0.25, 0.3) is 5.56 Å². The van der Waals surface area contributed by atoms with E-state index in [4.69, 9.17) is 9.47 Å². The summed E-state index contributed by atoms with van der Waals surface area (Å²) in [5.74, 6) is 0.187. The Kier molecular flexibility index (Phi) is 4.12. The van der Waals surface area contributed by atoms with Gasteiger partial charge in [0.2, 0.25) is 0 Å². The normalized spacial score (nSPS) is 10.7. The Labute approximate surface area is 135 Å². The van der Waals surface area contributed by atoms with Crippen molar-refractivity contribution in [1.82, 2.24) is 9.38 Å². The largest absolute Gasteiger partial charge is 0.497 e. The van der Waals surface area contributed by atoms with Crippen molar-refractivity contribution in [3.05, 3.63) is 63.0 Å². The van der Waals surface area contributed by atoms with Gasteiger partial charge in [-0.05, 0) is 31.2 Å². The van der Waals surface area contributed by atoms with Crippen molar-refractivity contribution in [2.45, 2.75) is 13.5 Å². The lowest BCUT2D eigenvalue weighted by Gasteiger charge is -2.05. The SMILES string of the molecule is COc1ccc(C(=O)OCc2cc(=O)n3c(C)csc3n2)cc1. The van der Waals surface area contributed by atoms with E-state index >= 15 is 0 Å². The molecule has 7 heteroatoms. The molecule has 6 nitrogen and oxygen atoms in total. The number of aromatic nitrogens is 2. The molecule has 0 aliphatic rings. The van der Waals surface area contributed by atoms with Crippen LogP contribution in [0.5, 0.6) is 5.75 Å². The monoisotopic (exact) mass is 330 g/mol. The molecular weight excluding hydrogens is 316 g/mol. The molecule has 1 aromatic carbocycles. The van der Waals surface area contributed by atoms with E-state index in [-0.39, 0.29) is 12.2 Å². The van der Waals surface area contributed by atoms with Crippen LogP contribution in [0.25, 0.3) is 4.96 Å². The minimum absolute atomic E-state index is 0.0481. The summed E-state index contributed by atoms with van der Waals surface area (Å²) >= 11 is 1.37. The van der Waals surface area contributed by atoms with E-state index in [0.717, 1.165) is 5.69 Å². The van der Waals surface area contributed by atoms with Crippen LogP contribution in [0.15, 0.2) is 40.5 Å². The van der Waals surface area contributed by atoms with Gasteiger partial charge < -0.3 is 9.47 Å². The number of carbonyl (C=O) groups excluding carboxylic acids is 1. The van der Waals surface area contributed by atoms with E-state index in [9.17, 15) is 9.59 Å². The Balaban J connectivity index is 1.74. The van der Waals surface area contributed by atoms with Crippen molar-refractivity contribution in [3.63, 3.8) is 0 Å². The van der Waals surface area contributed by atoms with Crippen LogP contribution in [0.4, 0.5) is 0 Å². The second-order valence-corrected chi connectivity index (χ2v) is 5.72. The second kappa shape index (κ2) is 6.21. The number of rotatable bonds is 4. The number of ether oxygens (including phenoxy) is 2.